The Morgan fingerprint density at radius 1 is 0.190 bits per heavy atom. The van der Waals surface area contributed by atoms with Crippen molar-refractivity contribution in [3.63, 3.8) is 0 Å². The minimum absolute atomic E-state index is 0.173. The van der Waals surface area contributed by atoms with Gasteiger partial charge in [0.15, 0.2) is 0 Å². The molecule has 0 unspecified atom stereocenters. The summed E-state index contributed by atoms with van der Waals surface area (Å²) in [6, 6.07) is 165. The molecule has 0 N–H and O–H groups in total. The molecule has 0 atom stereocenters. The molecule has 8 heteroatoms. The number of hydrogen-bond donors (Lipinski definition) is 0. The molecule has 4 heterocycles. The largest absolute Gasteiger partial charge is 0.311 e. The summed E-state index contributed by atoms with van der Waals surface area (Å²) in [5, 5.41) is 0. The second-order valence-corrected chi connectivity index (χ2v) is 31.3. The number of hydrogen-bond acceptors (Lipinski definition) is 6. The minimum atomic E-state index is -0.243. The average molecular weight is 1490 g/mol. The van der Waals surface area contributed by atoms with Gasteiger partial charge in [0, 0.05) is 94.9 Å². The van der Waals surface area contributed by atoms with Crippen LogP contribution in [-0.4, -0.2) is 13.4 Å². The van der Waals surface area contributed by atoms with Gasteiger partial charge in [-0.25, -0.2) is 0 Å². The number of benzene rings is 18. The third-order valence-corrected chi connectivity index (χ3v) is 24.7. The molecule has 0 amide bonds. The minimum Gasteiger partial charge on any atom is -0.311 e. The Labute approximate surface area is 682 Å². The average Bonchev–Trinajstić information content (AvgIpc) is 0.683. The molecule has 0 spiro atoms. The molecule has 18 aromatic rings. The van der Waals surface area contributed by atoms with E-state index in [4.69, 9.17) is 0 Å². The van der Waals surface area contributed by atoms with Gasteiger partial charge in [-0.15, -0.1) is 0 Å². The van der Waals surface area contributed by atoms with Crippen molar-refractivity contribution in [3.8, 4) is 66.8 Å². The third kappa shape index (κ3) is 11.8. The van der Waals surface area contributed by atoms with E-state index >= 15 is 0 Å². The predicted molar refractivity (Wildman–Crippen MR) is 492 cm³/mol. The summed E-state index contributed by atoms with van der Waals surface area (Å²) in [7, 11) is 0. The highest BCUT2D eigenvalue weighted by Gasteiger charge is 2.48. The normalized spacial score (nSPS) is 12.5. The fraction of sp³-hybridized carbons (Fsp3) is 0. The summed E-state index contributed by atoms with van der Waals surface area (Å²) in [6.07, 6.45) is 0. The van der Waals surface area contributed by atoms with E-state index in [0.29, 0.717) is 0 Å². The van der Waals surface area contributed by atoms with Gasteiger partial charge in [-0.2, -0.15) is 0 Å². The Morgan fingerprint density at radius 2 is 0.534 bits per heavy atom. The van der Waals surface area contributed by atoms with Gasteiger partial charge in [0.05, 0.1) is 11.4 Å². The van der Waals surface area contributed by atoms with Gasteiger partial charge >= 0.3 is 0 Å². The van der Waals surface area contributed by atoms with E-state index in [2.05, 4.69) is 467 Å². The lowest BCUT2D eigenvalue weighted by molar-refractivity contribution is 1.22. The highest BCUT2D eigenvalue weighted by atomic mass is 32.2. The Balaban J connectivity index is 0.834. The van der Waals surface area contributed by atoms with Gasteiger partial charge < -0.3 is 24.5 Å². The van der Waals surface area contributed by atoms with Gasteiger partial charge in [-0.05, 0) is 198 Å². The van der Waals surface area contributed by atoms with Crippen molar-refractivity contribution < 1.29 is 0 Å². The molecule has 22 rings (SSSR count). The van der Waals surface area contributed by atoms with Crippen molar-refractivity contribution in [2.24, 2.45) is 0 Å². The topological polar surface area (TPSA) is 16.2 Å². The standard InChI is InChI=1S/C108H73B2N5S/c1-9-32-74(33-10-1)78-58-62-86(63-59-78)111(88-50-29-44-82(66-88)76-36-13-3-14-37-76)90-68-101-106-102(69-90)115(108-92(80-40-17-5-18-41-80)52-31-53-93(108)81-42-19-6-20-43-81)100-73-104-97(72-96(100)109(106)94-54-25-27-56-98(94)113(101)84-46-21-7-22-47-84)110-95-55-26-28-57-99(95)114(85-48-23-8-24-49-85)103-70-91(71-105(116-104)107(103)110)112(87-64-60-79(61-65-87)75-34-11-2-12-35-75)89-51-30-45-83(67-89)77-38-15-4-16-39-77/h1-73H. The fourth-order valence-electron chi connectivity index (χ4n) is 18.5. The molecule has 0 saturated heterocycles. The van der Waals surface area contributed by atoms with Crippen LogP contribution in [0, 0.1) is 0 Å². The summed E-state index contributed by atoms with van der Waals surface area (Å²) in [6.45, 7) is -0.416. The lowest BCUT2D eigenvalue weighted by Crippen LogP contribution is -2.64. The van der Waals surface area contributed by atoms with Crippen molar-refractivity contribution in [1.82, 2.24) is 0 Å². The van der Waals surface area contributed by atoms with Crippen LogP contribution < -0.4 is 57.3 Å². The number of para-hydroxylation sites is 5. The summed E-state index contributed by atoms with van der Waals surface area (Å²) in [5.41, 5.74) is 37.6. The van der Waals surface area contributed by atoms with E-state index < -0.39 is 0 Å². The maximum atomic E-state index is 2.71. The van der Waals surface area contributed by atoms with Crippen LogP contribution in [0.1, 0.15) is 0 Å². The first-order valence-electron chi connectivity index (χ1n) is 39.9. The van der Waals surface area contributed by atoms with E-state index in [0.717, 1.165) is 141 Å². The molecule has 0 fully saturated rings. The zero-order valence-electron chi connectivity index (χ0n) is 63.4. The zero-order chi connectivity index (χ0) is 76.6. The molecule has 4 aliphatic rings. The molecular weight excluding hydrogens is 1420 g/mol. The van der Waals surface area contributed by atoms with Crippen molar-refractivity contribution in [2.45, 2.75) is 9.79 Å². The van der Waals surface area contributed by atoms with Gasteiger partial charge in [0.25, 0.3) is 6.71 Å². The summed E-state index contributed by atoms with van der Waals surface area (Å²) < 4.78 is 0. The first-order valence-corrected chi connectivity index (χ1v) is 40.7. The zero-order valence-corrected chi connectivity index (χ0v) is 64.3. The maximum Gasteiger partial charge on any atom is 0.252 e. The highest BCUT2D eigenvalue weighted by molar-refractivity contribution is 8.00. The van der Waals surface area contributed by atoms with E-state index in [-0.39, 0.29) is 13.4 Å². The lowest BCUT2D eigenvalue weighted by Gasteiger charge is -2.46. The molecule has 0 aliphatic carbocycles. The van der Waals surface area contributed by atoms with E-state index in [1.807, 2.05) is 11.8 Å². The van der Waals surface area contributed by atoms with Crippen molar-refractivity contribution in [3.05, 3.63) is 443 Å². The SMILES string of the molecule is c1ccc(-c2ccc(N(c3cccc(-c4ccccc4)c3)c3cc4c5c(c3)N(c3ccccc3)c3ccccc3B5c3cc5c(cc3S4)N(c3c(-c4ccccc4)cccc3-c3ccccc3)c3cc(N(c4ccc(-c6ccccc6)cc4)c4cccc(-c6ccccc6)c4)cc4c3B5c3ccccc3N4c3ccccc3)cc2)cc1. The molecule has 5 nitrogen and oxygen atoms in total. The lowest BCUT2D eigenvalue weighted by atomic mass is 9.31. The summed E-state index contributed by atoms with van der Waals surface area (Å²) in [5.74, 6) is 0. The monoisotopic (exact) mass is 1490 g/mol. The van der Waals surface area contributed by atoms with Crippen LogP contribution in [0.3, 0.4) is 0 Å². The second-order valence-electron chi connectivity index (χ2n) is 30.2. The van der Waals surface area contributed by atoms with E-state index in [9.17, 15) is 0 Å². The molecule has 116 heavy (non-hydrogen) atoms. The number of nitrogens with zero attached hydrogens (tertiary/aromatic N) is 5. The third-order valence-electron chi connectivity index (χ3n) is 23.6. The highest BCUT2D eigenvalue weighted by Crippen LogP contribution is 2.55. The number of rotatable bonds is 15. The Morgan fingerprint density at radius 3 is 0.983 bits per heavy atom. The molecule has 542 valence electrons. The van der Waals surface area contributed by atoms with Crippen LogP contribution in [0.2, 0.25) is 0 Å². The van der Waals surface area contributed by atoms with E-state index in [1.165, 1.54) is 53.7 Å². The summed E-state index contributed by atoms with van der Waals surface area (Å²) in [4.78, 5) is 15.2. The van der Waals surface area contributed by atoms with Crippen LogP contribution in [0.5, 0.6) is 0 Å². The Hall–Kier alpha value is -14.6. The second kappa shape index (κ2) is 28.9. The Kier molecular flexibility index (Phi) is 17.0. The van der Waals surface area contributed by atoms with Crippen LogP contribution in [-0.2, 0) is 0 Å². The van der Waals surface area contributed by atoms with Crippen LogP contribution in [0.25, 0.3) is 66.8 Å². The van der Waals surface area contributed by atoms with Crippen LogP contribution in [0.4, 0.5) is 85.3 Å². The molecule has 4 aliphatic heterocycles. The molecule has 0 aromatic heterocycles. The quantitative estimate of drug-likeness (QED) is 0.0944. The van der Waals surface area contributed by atoms with Gasteiger partial charge in [0.2, 0.25) is 6.71 Å². The number of anilines is 15. The van der Waals surface area contributed by atoms with Gasteiger partial charge in [0.1, 0.15) is 0 Å². The van der Waals surface area contributed by atoms with E-state index in [1.54, 1.807) is 0 Å². The summed E-state index contributed by atoms with van der Waals surface area (Å²) >= 11 is 1.91. The maximum absolute atomic E-state index is 2.71. The first-order chi connectivity index (χ1) is 57.6. The van der Waals surface area contributed by atoms with Crippen molar-refractivity contribution in [1.29, 1.82) is 0 Å². The van der Waals surface area contributed by atoms with Gasteiger partial charge in [-0.3, -0.25) is 0 Å². The van der Waals surface area contributed by atoms with Crippen LogP contribution >= 0.6 is 11.8 Å². The number of fused-ring (bicyclic) bond motifs is 8. The predicted octanol–water partition coefficient (Wildman–Crippen LogP) is 25.5. The van der Waals surface area contributed by atoms with Gasteiger partial charge in [-0.1, -0.05) is 345 Å². The fourth-order valence-corrected chi connectivity index (χ4v) is 19.7. The van der Waals surface area contributed by atoms with Crippen molar-refractivity contribution in [2.75, 3.05) is 24.5 Å². The van der Waals surface area contributed by atoms with Crippen molar-refractivity contribution >= 4 is 143 Å². The molecule has 0 radical (unpaired) electrons. The first kappa shape index (κ1) is 68.3. The molecular formula is C108H73B2N5S. The van der Waals surface area contributed by atoms with Crippen LogP contribution in [0.15, 0.2) is 453 Å². The molecule has 0 bridgehead atoms. The smallest absolute Gasteiger partial charge is 0.252 e. The Bertz CT molecular complexity index is 6690. The molecule has 0 saturated carbocycles. The molecule has 18 aromatic carbocycles.